The molecule has 0 spiro atoms. The largest absolute Gasteiger partial charge is 0.432 e. The van der Waals surface area contributed by atoms with E-state index in [2.05, 4.69) is 18.8 Å². The van der Waals surface area contributed by atoms with Crippen molar-refractivity contribution in [2.45, 2.75) is 19.9 Å². The van der Waals surface area contributed by atoms with Crippen LogP contribution in [0.3, 0.4) is 0 Å². The van der Waals surface area contributed by atoms with Gasteiger partial charge in [-0.25, -0.2) is 4.98 Å². The van der Waals surface area contributed by atoms with Gasteiger partial charge in [0.1, 0.15) is 6.26 Å². The zero-order valence-corrected chi connectivity index (χ0v) is 7.53. The molecule has 0 atom stereocenters. The summed E-state index contributed by atoms with van der Waals surface area (Å²) in [6.45, 7) is 5.55. The highest BCUT2D eigenvalue weighted by atomic mass is 16.4. The van der Waals surface area contributed by atoms with Gasteiger partial charge in [0.05, 0.1) is 6.20 Å². The van der Waals surface area contributed by atoms with Gasteiger partial charge in [0.2, 0.25) is 0 Å². The van der Waals surface area contributed by atoms with Crippen molar-refractivity contribution >= 4 is 6.01 Å². The summed E-state index contributed by atoms with van der Waals surface area (Å²) in [5, 5.41) is 0. The quantitative estimate of drug-likeness (QED) is 0.726. The van der Waals surface area contributed by atoms with Crippen molar-refractivity contribution in [2.75, 3.05) is 18.0 Å². The van der Waals surface area contributed by atoms with Gasteiger partial charge in [0.25, 0.3) is 6.01 Å². The van der Waals surface area contributed by atoms with Gasteiger partial charge < -0.3 is 15.1 Å². The van der Waals surface area contributed by atoms with E-state index in [0.717, 1.165) is 6.54 Å². The second kappa shape index (κ2) is 4.11. The highest BCUT2D eigenvalue weighted by Gasteiger charge is 2.12. The summed E-state index contributed by atoms with van der Waals surface area (Å²) < 4.78 is 5.17. The van der Waals surface area contributed by atoms with Crippen LogP contribution in [0.5, 0.6) is 0 Å². The monoisotopic (exact) mass is 169 g/mol. The summed E-state index contributed by atoms with van der Waals surface area (Å²) in [5.74, 6) is 0. The maximum absolute atomic E-state index is 5.46. The Bertz CT molecular complexity index is 208. The van der Waals surface area contributed by atoms with E-state index < -0.39 is 0 Å². The summed E-state index contributed by atoms with van der Waals surface area (Å²) in [6, 6.07) is 1.02. The Morgan fingerprint density at radius 3 is 2.83 bits per heavy atom. The SMILES string of the molecule is CC(C)N(CCN)c1ncco1. The first-order valence-electron chi connectivity index (χ1n) is 4.12. The van der Waals surface area contributed by atoms with Crippen molar-refractivity contribution in [2.24, 2.45) is 5.73 Å². The number of anilines is 1. The first-order chi connectivity index (χ1) is 5.75. The van der Waals surface area contributed by atoms with Crippen LogP contribution in [0.4, 0.5) is 6.01 Å². The van der Waals surface area contributed by atoms with Crippen molar-refractivity contribution in [3.8, 4) is 0 Å². The number of hydrogen-bond donors (Lipinski definition) is 1. The Labute approximate surface area is 72.4 Å². The number of nitrogens with two attached hydrogens (primary N) is 1. The minimum atomic E-state index is 0.368. The Balaban J connectivity index is 2.66. The van der Waals surface area contributed by atoms with Crippen LogP contribution in [0.25, 0.3) is 0 Å². The number of oxazole rings is 1. The van der Waals surface area contributed by atoms with E-state index in [9.17, 15) is 0 Å². The normalized spacial score (nSPS) is 10.7. The van der Waals surface area contributed by atoms with E-state index in [1.165, 1.54) is 0 Å². The molecule has 1 aromatic rings. The average Bonchev–Trinajstić information content (AvgIpc) is 2.51. The lowest BCUT2D eigenvalue weighted by atomic mass is 10.3. The third-order valence-corrected chi connectivity index (χ3v) is 1.66. The first-order valence-corrected chi connectivity index (χ1v) is 4.12. The summed E-state index contributed by atoms with van der Waals surface area (Å²) >= 11 is 0. The molecule has 1 rings (SSSR count). The molecule has 4 heteroatoms. The van der Waals surface area contributed by atoms with E-state index >= 15 is 0 Å². The Morgan fingerprint density at radius 1 is 1.67 bits per heavy atom. The molecule has 0 aliphatic heterocycles. The molecule has 0 saturated heterocycles. The number of hydrogen-bond acceptors (Lipinski definition) is 4. The predicted molar refractivity (Wildman–Crippen MR) is 48.0 cm³/mol. The van der Waals surface area contributed by atoms with E-state index in [1.807, 2.05) is 4.90 Å². The van der Waals surface area contributed by atoms with E-state index in [-0.39, 0.29) is 0 Å². The lowest BCUT2D eigenvalue weighted by Crippen LogP contribution is -2.35. The van der Waals surface area contributed by atoms with Crippen LogP contribution in [0.15, 0.2) is 16.9 Å². The minimum Gasteiger partial charge on any atom is -0.432 e. The van der Waals surface area contributed by atoms with Gasteiger partial charge >= 0.3 is 0 Å². The van der Waals surface area contributed by atoms with Gasteiger partial charge in [-0.15, -0.1) is 0 Å². The van der Waals surface area contributed by atoms with Crippen LogP contribution in [-0.2, 0) is 0 Å². The summed E-state index contributed by atoms with van der Waals surface area (Å²) in [7, 11) is 0. The molecule has 1 heterocycles. The molecule has 0 bridgehead atoms. The molecule has 0 radical (unpaired) electrons. The second-order valence-corrected chi connectivity index (χ2v) is 2.89. The van der Waals surface area contributed by atoms with Crippen molar-refractivity contribution in [1.29, 1.82) is 0 Å². The van der Waals surface area contributed by atoms with Crippen molar-refractivity contribution in [3.05, 3.63) is 12.5 Å². The maximum Gasteiger partial charge on any atom is 0.297 e. The van der Waals surface area contributed by atoms with Gasteiger partial charge in [0, 0.05) is 19.1 Å². The Kier molecular flexibility index (Phi) is 3.10. The fourth-order valence-electron chi connectivity index (χ4n) is 1.07. The molecule has 1 aromatic heterocycles. The number of aromatic nitrogens is 1. The summed E-state index contributed by atoms with van der Waals surface area (Å²) in [6.07, 6.45) is 3.21. The second-order valence-electron chi connectivity index (χ2n) is 2.89. The number of rotatable bonds is 4. The standard InChI is InChI=1S/C8H15N3O/c1-7(2)11(5-3-9)8-10-4-6-12-8/h4,6-7H,3,5,9H2,1-2H3. The molecule has 0 aliphatic carbocycles. The van der Waals surface area contributed by atoms with E-state index in [4.69, 9.17) is 10.2 Å². The van der Waals surface area contributed by atoms with Crippen LogP contribution in [0.1, 0.15) is 13.8 Å². The fraction of sp³-hybridized carbons (Fsp3) is 0.625. The lowest BCUT2D eigenvalue weighted by molar-refractivity contribution is 0.513. The van der Waals surface area contributed by atoms with Crippen LogP contribution in [-0.4, -0.2) is 24.1 Å². The van der Waals surface area contributed by atoms with Crippen LogP contribution < -0.4 is 10.6 Å². The van der Waals surface area contributed by atoms with Gasteiger partial charge in [-0.3, -0.25) is 0 Å². The zero-order valence-electron chi connectivity index (χ0n) is 7.53. The molecule has 0 aliphatic rings. The van der Waals surface area contributed by atoms with E-state index in [1.54, 1.807) is 12.5 Å². The van der Waals surface area contributed by atoms with Crippen LogP contribution in [0, 0.1) is 0 Å². The Morgan fingerprint density at radius 2 is 2.42 bits per heavy atom. The molecule has 12 heavy (non-hydrogen) atoms. The minimum absolute atomic E-state index is 0.368. The first kappa shape index (κ1) is 9.06. The lowest BCUT2D eigenvalue weighted by Gasteiger charge is -2.23. The average molecular weight is 169 g/mol. The molecule has 0 fully saturated rings. The van der Waals surface area contributed by atoms with Crippen molar-refractivity contribution in [1.82, 2.24) is 4.98 Å². The molecular weight excluding hydrogens is 154 g/mol. The van der Waals surface area contributed by atoms with Crippen molar-refractivity contribution in [3.63, 3.8) is 0 Å². The van der Waals surface area contributed by atoms with Gasteiger partial charge in [-0.05, 0) is 13.8 Å². The summed E-state index contributed by atoms with van der Waals surface area (Å²) in [4.78, 5) is 6.09. The molecule has 0 saturated carbocycles. The molecule has 4 nitrogen and oxygen atoms in total. The predicted octanol–water partition coefficient (Wildman–Crippen LogP) is 0.848. The molecule has 2 N–H and O–H groups in total. The molecule has 0 unspecified atom stereocenters. The van der Waals surface area contributed by atoms with Gasteiger partial charge in [-0.1, -0.05) is 0 Å². The summed E-state index contributed by atoms with van der Waals surface area (Å²) in [5.41, 5.74) is 5.46. The topological polar surface area (TPSA) is 55.3 Å². The van der Waals surface area contributed by atoms with Crippen molar-refractivity contribution < 1.29 is 4.42 Å². The van der Waals surface area contributed by atoms with Gasteiger partial charge in [-0.2, -0.15) is 0 Å². The molecule has 68 valence electrons. The zero-order chi connectivity index (χ0) is 8.97. The maximum atomic E-state index is 5.46. The smallest absolute Gasteiger partial charge is 0.297 e. The Hall–Kier alpha value is -1.03. The third kappa shape index (κ3) is 1.98. The molecule has 0 amide bonds. The van der Waals surface area contributed by atoms with E-state index in [0.29, 0.717) is 18.6 Å². The van der Waals surface area contributed by atoms with Crippen LogP contribution >= 0.6 is 0 Å². The highest BCUT2D eigenvalue weighted by Crippen LogP contribution is 2.12. The number of nitrogens with zero attached hydrogens (tertiary/aromatic N) is 2. The van der Waals surface area contributed by atoms with Crippen LogP contribution in [0.2, 0.25) is 0 Å². The molecular formula is C8H15N3O. The molecule has 0 aromatic carbocycles. The highest BCUT2D eigenvalue weighted by molar-refractivity contribution is 5.25. The van der Waals surface area contributed by atoms with Gasteiger partial charge in [0.15, 0.2) is 0 Å². The third-order valence-electron chi connectivity index (χ3n) is 1.66. The fourth-order valence-corrected chi connectivity index (χ4v) is 1.07.